The molecule has 170 valence electrons. The lowest BCUT2D eigenvalue weighted by Gasteiger charge is -2.17. The van der Waals surface area contributed by atoms with Crippen LogP contribution in [-0.2, 0) is 9.53 Å². The van der Waals surface area contributed by atoms with Gasteiger partial charge in [-0.2, -0.15) is 4.68 Å². The van der Waals surface area contributed by atoms with Gasteiger partial charge in [0, 0.05) is 5.75 Å². The predicted molar refractivity (Wildman–Crippen MR) is 124 cm³/mol. The van der Waals surface area contributed by atoms with Gasteiger partial charge >= 0.3 is 5.97 Å². The molecule has 1 heterocycles. The summed E-state index contributed by atoms with van der Waals surface area (Å²) < 4.78 is 6.76. The highest BCUT2D eigenvalue weighted by molar-refractivity contribution is 8.02. The van der Waals surface area contributed by atoms with E-state index < -0.39 is 0 Å². The Kier molecular flexibility index (Phi) is 8.40. The number of carbonyl (C=O) groups is 1. The van der Waals surface area contributed by atoms with E-state index in [2.05, 4.69) is 15.5 Å². The zero-order valence-electron chi connectivity index (χ0n) is 18.2. The van der Waals surface area contributed by atoms with Crippen LogP contribution in [0.4, 0.5) is 0 Å². The Hall–Kier alpha value is -2.72. The molecule has 0 aliphatic rings. The number of para-hydroxylation sites is 1. The van der Waals surface area contributed by atoms with Gasteiger partial charge < -0.3 is 14.9 Å². The van der Waals surface area contributed by atoms with Crippen LogP contribution in [0.15, 0.2) is 45.3 Å². The summed E-state index contributed by atoms with van der Waals surface area (Å²) in [6.45, 7) is 5.94. The van der Waals surface area contributed by atoms with Gasteiger partial charge in [0.25, 0.3) is 0 Å². The summed E-state index contributed by atoms with van der Waals surface area (Å²) in [6.07, 6.45) is 2.00. The number of phenolic OH excluding ortho intramolecular Hbond substituents is 2. The largest absolute Gasteiger partial charge is 0.506 e. The van der Waals surface area contributed by atoms with Gasteiger partial charge in [-0.25, -0.2) is 0 Å². The molecule has 0 fully saturated rings. The zero-order chi connectivity index (χ0) is 23.1. The number of aromatic hydroxyl groups is 2. The molecule has 0 aliphatic carbocycles. The number of benzene rings is 2. The van der Waals surface area contributed by atoms with Crippen LogP contribution in [0.1, 0.15) is 37.3 Å². The van der Waals surface area contributed by atoms with Crippen molar-refractivity contribution in [3.63, 3.8) is 0 Å². The number of carbonyl (C=O) groups excluding carboxylic acids is 1. The van der Waals surface area contributed by atoms with Gasteiger partial charge in [-0.1, -0.05) is 31.5 Å². The first kappa shape index (κ1) is 23.9. The van der Waals surface area contributed by atoms with E-state index in [1.165, 1.54) is 11.8 Å². The van der Waals surface area contributed by atoms with Crippen molar-refractivity contribution >= 4 is 29.5 Å². The average Bonchev–Trinajstić information content (AvgIpc) is 3.27. The summed E-state index contributed by atoms with van der Waals surface area (Å²) in [7, 11) is 0. The molecular formula is C22H26N4O4S2. The third kappa shape index (κ3) is 5.55. The van der Waals surface area contributed by atoms with E-state index in [9.17, 15) is 15.0 Å². The first-order valence-corrected chi connectivity index (χ1v) is 12.1. The minimum atomic E-state index is -0.277. The monoisotopic (exact) mass is 474 g/mol. The minimum Gasteiger partial charge on any atom is -0.506 e. The number of ether oxygens (including phenoxy) is 1. The quantitative estimate of drug-likeness (QED) is 0.187. The van der Waals surface area contributed by atoms with Gasteiger partial charge in [-0.3, -0.25) is 4.79 Å². The van der Waals surface area contributed by atoms with Gasteiger partial charge in [0.15, 0.2) is 0 Å². The maximum atomic E-state index is 11.9. The van der Waals surface area contributed by atoms with Gasteiger partial charge in [0.05, 0.1) is 28.5 Å². The molecule has 8 nitrogen and oxygen atoms in total. The Balaban J connectivity index is 1.85. The fourth-order valence-electron chi connectivity index (χ4n) is 2.84. The molecule has 0 unspecified atom stereocenters. The van der Waals surface area contributed by atoms with E-state index >= 15 is 0 Å². The molecule has 2 aromatic carbocycles. The van der Waals surface area contributed by atoms with E-state index in [0.29, 0.717) is 38.4 Å². The highest BCUT2D eigenvalue weighted by Gasteiger charge is 2.23. The van der Waals surface area contributed by atoms with Crippen LogP contribution in [0.25, 0.3) is 5.69 Å². The Labute approximate surface area is 195 Å². The van der Waals surface area contributed by atoms with Gasteiger partial charge in [-0.05, 0) is 65.7 Å². The smallest absolute Gasteiger partial charge is 0.306 e. The Morgan fingerprint density at radius 3 is 2.47 bits per heavy atom. The standard InChI is InChI=1S/C22H26N4O4S2/c1-4-5-12-30-17(27)11-13-31-20-18(28)14(2)15(3)19(29)21(20)32-22-23-24-25-26(22)16-9-7-6-8-10-16/h6-10,28-29H,4-5,11-13H2,1-3H3. The summed E-state index contributed by atoms with van der Waals surface area (Å²) in [4.78, 5) is 12.9. The first-order valence-electron chi connectivity index (χ1n) is 10.3. The van der Waals surface area contributed by atoms with Crippen molar-refractivity contribution in [2.45, 2.75) is 55.0 Å². The van der Waals surface area contributed by atoms with Crippen molar-refractivity contribution in [1.29, 1.82) is 0 Å². The van der Waals surface area contributed by atoms with Crippen LogP contribution < -0.4 is 0 Å². The number of phenols is 2. The number of thioether (sulfide) groups is 1. The van der Waals surface area contributed by atoms with Crippen molar-refractivity contribution in [1.82, 2.24) is 20.2 Å². The second-order valence-corrected chi connectivity index (χ2v) is 9.17. The van der Waals surface area contributed by atoms with E-state index in [1.54, 1.807) is 18.5 Å². The van der Waals surface area contributed by atoms with E-state index in [4.69, 9.17) is 4.74 Å². The predicted octanol–water partition coefficient (Wildman–Crippen LogP) is 4.67. The topological polar surface area (TPSA) is 110 Å². The molecule has 0 saturated heterocycles. The number of hydrogen-bond donors (Lipinski definition) is 2. The molecule has 0 saturated carbocycles. The van der Waals surface area contributed by atoms with Crippen molar-refractivity contribution in [3.05, 3.63) is 41.5 Å². The normalized spacial score (nSPS) is 11.0. The van der Waals surface area contributed by atoms with E-state index in [0.717, 1.165) is 30.3 Å². The number of aromatic nitrogens is 4. The minimum absolute atomic E-state index is 0.0564. The van der Waals surface area contributed by atoms with Gasteiger partial charge in [-0.15, -0.1) is 16.9 Å². The highest BCUT2D eigenvalue weighted by Crippen LogP contribution is 2.49. The molecule has 3 rings (SSSR count). The Morgan fingerprint density at radius 1 is 1.09 bits per heavy atom. The molecule has 10 heteroatoms. The van der Waals surface area contributed by atoms with E-state index in [-0.39, 0.29) is 23.9 Å². The molecule has 0 atom stereocenters. The lowest BCUT2D eigenvalue weighted by molar-refractivity contribution is -0.143. The van der Waals surface area contributed by atoms with Crippen LogP contribution in [0.2, 0.25) is 0 Å². The molecule has 0 spiro atoms. The average molecular weight is 475 g/mol. The maximum Gasteiger partial charge on any atom is 0.306 e. The number of unbranched alkanes of at least 4 members (excludes halogenated alkanes) is 1. The van der Waals surface area contributed by atoms with Crippen LogP contribution in [0.5, 0.6) is 11.5 Å². The van der Waals surface area contributed by atoms with Gasteiger partial charge in [0.1, 0.15) is 11.5 Å². The highest BCUT2D eigenvalue weighted by atomic mass is 32.2. The number of tetrazole rings is 1. The second-order valence-electron chi connectivity index (χ2n) is 7.09. The molecule has 0 aliphatic heterocycles. The van der Waals surface area contributed by atoms with Crippen LogP contribution in [-0.4, -0.2) is 48.7 Å². The van der Waals surface area contributed by atoms with Crippen LogP contribution >= 0.6 is 23.5 Å². The Morgan fingerprint density at radius 2 is 1.78 bits per heavy atom. The Bertz CT molecular complexity index is 1070. The molecule has 3 aromatic rings. The van der Waals surface area contributed by atoms with Crippen molar-refractivity contribution in [2.75, 3.05) is 12.4 Å². The lowest BCUT2D eigenvalue weighted by Crippen LogP contribution is -2.06. The van der Waals surface area contributed by atoms with Crippen LogP contribution in [0.3, 0.4) is 0 Å². The summed E-state index contributed by atoms with van der Waals surface area (Å²) in [5, 5.41) is 34.0. The number of nitrogens with zero attached hydrogens (tertiary/aromatic N) is 4. The molecule has 2 N–H and O–H groups in total. The molecular weight excluding hydrogens is 448 g/mol. The SMILES string of the molecule is CCCCOC(=O)CCSc1c(O)c(C)c(C)c(O)c1Sc1nnnn1-c1ccccc1. The van der Waals surface area contributed by atoms with Crippen molar-refractivity contribution in [3.8, 4) is 17.2 Å². The fourth-order valence-corrected chi connectivity index (χ4v) is 5.06. The summed E-state index contributed by atoms with van der Waals surface area (Å²) in [5.74, 6) is 0.255. The summed E-state index contributed by atoms with van der Waals surface area (Å²) in [5.41, 5.74) is 1.94. The van der Waals surface area contributed by atoms with E-state index in [1.807, 2.05) is 37.3 Å². The number of esters is 1. The van der Waals surface area contributed by atoms with Crippen LogP contribution in [0, 0.1) is 13.8 Å². The summed E-state index contributed by atoms with van der Waals surface area (Å²) in [6, 6.07) is 9.41. The third-order valence-electron chi connectivity index (χ3n) is 4.86. The molecule has 32 heavy (non-hydrogen) atoms. The molecule has 0 bridgehead atoms. The molecule has 0 amide bonds. The maximum absolute atomic E-state index is 11.9. The van der Waals surface area contributed by atoms with Crippen molar-refractivity contribution < 1.29 is 19.7 Å². The first-order chi connectivity index (χ1) is 15.4. The second kappa shape index (κ2) is 11.2. The van der Waals surface area contributed by atoms with Gasteiger partial charge in [0.2, 0.25) is 5.16 Å². The molecule has 0 radical (unpaired) electrons. The number of hydrogen-bond acceptors (Lipinski definition) is 9. The zero-order valence-corrected chi connectivity index (χ0v) is 19.9. The number of rotatable bonds is 10. The van der Waals surface area contributed by atoms with Crippen molar-refractivity contribution in [2.24, 2.45) is 0 Å². The summed E-state index contributed by atoms with van der Waals surface area (Å²) >= 11 is 2.45. The fraction of sp³-hybridized carbons (Fsp3) is 0.364. The lowest BCUT2D eigenvalue weighted by atomic mass is 10.1. The molecule has 1 aromatic heterocycles. The third-order valence-corrected chi connectivity index (χ3v) is 7.12.